The minimum atomic E-state index is -3.63. The van der Waals surface area contributed by atoms with Gasteiger partial charge in [-0.1, -0.05) is 0 Å². The van der Waals surface area contributed by atoms with Crippen molar-refractivity contribution < 1.29 is 27.5 Å². The van der Waals surface area contributed by atoms with Crippen LogP contribution in [0.15, 0.2) is 23.1 Å². The standard InChI is InChI=1S/C15H23N3O6S/c1-18(2)25(21,22)11-5-6-13(23-3)12(9-11)17-14(19)10-16-8-7-15(20)24-4/h5-6,9,16H,7-8,10H2,1-4H3,(H,17,19). The van der Waals surface area contributed by atoms with Gasteiger partial charge >= 0.3 is 5.97 Å². The maximum absolute atomic E-state index is 12.2. The van der Waals surface area contributed by atoms with Gasteiger partial charge in [0.1, 0.15) is 5.75 Å². The Hall–Kier alpha value is -2.17. The lowest BCUT2D eigenvalue weighted by Gasteiger charge is -2.15. The molecule has 0 saturated carbocycles. The second-order valence-corrected chi connectivity index (χ2v) is 7.35. The van der Waals surface area contributed by atoms with Crippen molar-refractivity contribution in [1.29, 1.82) is 0 Å². The number of ether oxygens (including phenoxy) is 2. The van der Waals surface area contributed by atoms with E-state index in [1.807, 2.05) is 0 Å². The molecule has 0 fully saturated rings. The highest BCUT2D eigenvalue weighted by Gasteiger charge is 2.19. The first-order chi connectivity index (χ1) is 11.7. The third kappa shape index (κ3) is 6.00. The Balaban J connectivity index is 2.79. The van der Waals surface area contributed by atoms with Crippen molar-refractivity contribution in [3.05, 3.63) is 18.2 Å². The highest BCUT2D eigenvalue weighted by Crippen LogP contribution is 2.28. The van der Waals surface area contributed by atoms with Crippen LogP contribution in [0.2, 0.25) is 0 Å². The van der Waals surface area contributed by atoms with E-state index in [0.29, 0.717) is 5.75 Å². The number of amides is 1. The molecule has 0 aromatic heterocycles. The molecule has 9 nitrogen and oxygen atoms in total. The number of esters is 1. The molecular formula is C15H23N3O6S. The predicted octanol–water partition coefficient (Wildman–Crippen LogP) is 0.0367. The van der Waals surface area contributed by atoms with Crippen molar-refractivity contribution in [2.45, 2.75) is 11.3 Å². The second kappa shape index (κ2) is 9.35. The number of methoxy groups -OCH3 is 2. The smallest absolute Gasteiger partial charge is 0.306 e. The van der Waals surface area contributed by atoms with E-state index in [0.717, 1.165) is 4.31 Å². The summed E-state index contributed by atoms with van der Waals surface area (Å²) >= 11 is 0. The zero-order chi connectivity index (χ0) is 19.0. The molecule has 0 bridgehead atoms. The molecule has 0 aliphatic rings. The van der Waals surface area contributed by atoms with Crippen LogP contribution in [0.3, 0.4) is 0 Å². The summed E-state index contributed by atoms with van der Waals surface area (Å²) < 4.78 is 35.1. The lowest BCUT2D eigenvalue weighted by atomic mass is 10.3. The minimum absolute atomic E-state index is 0.0345. The Bertz CT molecular complexity index is 718. The Morgan fingerprint density at radius 1 is 1.20 bits per heavy atom. The maximum atomic E-state index is 12.2. The molecule has 1 rings (SSSR count). The van der Waals surface area contributed by atoms with Gasteiger partial charge in [-0.05, 0) is 18.2 Å². The molecule has 0 unspecified atom stereocenters. The number of carbonyl (C=O) groups excluding carboxylic acids is 2. The monoisotopic (exact) mass is 373 g/mol. The lowest BCUT2D eigenvalue weighted by Crippen LogP contribution is -2.30. The first-order valence-electron chi connectivity index (χ1n) is 7.40. The fraction of sp³-hybridized carbons (Fsp3) is 0.467. The number of rotatable bonds is 9. The molecule has 0 aliphatic carbocycles. The van der Waals surface area contributed by atoms with E-state index >= 15 is 0 Å². The van der Waals surface area contributed by atoms with Crippen LogP contribution in [0.4, 0.5) is 5.69 Å². The molecule has 0 saturated heterocycles. The van der Waals surface area contributed by atoms with Crippen LogP contribution in [-0.2, 0) is 24.3 Å². The van der Waals surface area contributed by atoms with E-state index in [9.17, 15) is 18.0 Å². The van der Waals surface area contributed by atoms with Crippen LogP contribution >= 0.6 is 0 Å². The number of sulfonamides is 1. The number of nitrogens with zero attached hydrogens (tertiary/aromatic N) is 1. The summed E-state index contributed by atoms with van der Waals surface area (Å²) in [5.41, 5.74) is 0.241. The summed E-state index contributed by atoms with van der Waals surface area (Å²) in [6.07, 6.45) is 0.143. The van der Waals surface area contributed by atoms with E-state index in [4.69, 9.17) is 4.74 Å². The van der Waals surface area contributed by atoms with Gasteiger partial charge in [0.25, 0.3) is 0 Å². The minimum Gasteiger partial charge on any atom is -0.495 e. The second-order valence-electron chi connectivity index (χ2n) is 5.20. The first kappa shape index (κ1) is 20.9. The van der Waals surface area contributed by atoms with Gasteiger partial charge < -0.3 is 20.1 Å². The van der Waals surface area contributed by atoms with Gasteiger partial charge in [-0.3, -0.25) is 9.59 Å². The number of hydrogen-bond donors (Lipinski definition) is 2. The van der Waals surface area contributed by atoms with Gasteiger partial charge in [-0.2, -0.15) is 0 Å². The van der Waals surface area contributed by atoms with Crippen molar-refractivity contribution >= 4 is 27.6 Å². The van der Waals surface area contributed by atoms with Crippen molar-refractivity contribution in [1.82, 2.24) is 9.62 Å². The number of benzene rings is 1. The van der Waals surface area contributed by atoms with Crippen molar-refractivity contribution in [3.63, 3.8) is 0 Å². The topological polar surface area (TPSA) is 114 Å². The normalized spacial score (nSPS) is 11.2. The Morgan fingerprint density at radius 3 is 2.44 bits per heavy atom. The SMILES string of the molecule is COC(=O)CCNCC(=O)Nc1cc(S(=O)(=O)N(C)C)ccc1OC. The fourth-order valence-electron chi connectivity index (χ4n) is 1.84. The largest absolute Gasteiger partial charge is 0.495 e. The van der Waals surface area contributed by atoms with Crippen molar-refractivity contribution in [2.75, 3.05) is 46.7 Å². The van der Waals surface area contributed by atoms with E-state index < -0.39 is 15.9 Å². The van der Waals surface area contributed by atoms with Crippen LogP contribution in [0.1, 0.15) is 6.42 Å². The molecule has 1 aromatic rings. The third-order valence-electron chi connectivity index (χ3n) is 3.24. The molecule has 1 aromatic carbocycles. The first-order valence-corrected chi connectivity index (χ1v) is 8.84. The van der Waals surface area contributed by atoms with E-state index in [-0.39, 0.29) is 36.1 Å². The molecule has 2 N–H and O–H groups in total. The summed E-state index contributed by atoms with van der Waals surface area (Å²) in [5, 5.41) is 5.38. The van der Waals surface area contributed by atoms with E-state index in [1.54, 1.807) is 0 Å². The summed E-state index contributed by atoms with van der Waals surface area (Å²) in [6, 6.07) is 4.20. The summed E-state index contributed by atoms with van der Waals surface area (Å²) in [7, 11) is 1.91. The summed E-state index contributed by atoms with van der Waals surface area (Å²) in [4.78, 5) is 23.0. The van der Waals surface area contributed by atoms with Gasteiger partial charge in [-0.25, -0.2) is 12.7 Å². The molecule has 0 spiro atoms. The zero-order valence-corrected chi connectivity index (χ0v) is 15.5. The molecule has 25 heavy (non-hydrogen) atoms. The van der Waals surface area contributed by atoms with Crippen LogP contribution in [0.5, 0.6) is 5.75 Å². The lowest BCUT2D eigenvalue weighted by molar-refractivity contribution is -0.140. The molecule has 1 amide bonds. The molecule has 0 heterocycles. The molecule has 0 radical (unpaired) electrons. The third-order valence-corrected chi connectivity index (χ3v) is 5.05. The zero-order valence-electron chi connectivity index (χ0n) is 14.7. The van der Waals surface area contributed by atoms with Crippen LogP contribution in [-0.4, -0.2) is 66.0 Å². The van der Waals surface area contributed by atoms with Crippen molar-refractivity contribution in [2.24, 2.45) is 0 Å². The van der Waals surface area contributed by atoms with Crippen LogP contribution in [0.25, 0.3) is 0 Å². The number of hydrogen-bond acceptors (Lipinski definition) is 7. The average molecular weight is 373 g/mol. The van der Waals surface area contributed by atoms with Crippen LogP contribution < -0.4 is 15.4 Å². The van der Waals surface area contributed by atoms with Crippen molar-refractivity contribution in [3.8, 4) is 5.75 Å². The summed E-state index contributed by atoms with van der Waals surface area (Å²) in [5.74, 6) is -0.445. The highest BCUT2D eigenvalue weighted by molar-refractivity contribution is 7.89. The van der Waals surface area contributed by atoms with Gasteiger partial charge in [0.15, 0.2) is 0 Å². The number of anilines is 1. The highest BCUT2D eigenvalue weighted by atomic mass is 32.2. The quantitative estimate of drug-likeness (QED) is 0.464. The molecule has 140 valence electrons. The molecule has 0 aliphatic heterocycles. The Kier molecular flexibility index (Phi) is 7.81. The average Bonchev–Trinajstić information content (AvgIpc) is 2.58. The van der Waals surface area contributed by atoms with Crippen LogP contribution in [0, 0.1) is 0 Å². The number of nitrogens with one attached hydrogen (secondary N) is 2. The van der Waals surface area contributed by atoms with Gasteiger partial charge in [0, 0.05) is 20.6 Å². The van der Waals surface area contributed by atoms with E-state index in [2.05, 4.69) is 15.4 Å². The summed E-state index contributed by atoms with van der Waals surface area (Å²) in [6.45, 7) is 0.233. The molecule has 0 atom stereocenters. The van der Waals surface area contributed by atoms with Gasteiger partial charge in [0.2, 0.25) is 15.9 Å². The maximum Gasteiger partial charge on any atom is 0.306 e. The predicted molar refractivity (Wildman–Crippen MR) is 92.0 cm³/mol. The Labute approximate surface area is 147 Å². The fourth-order valence-corrected chi connectivity index (χ4v) is 2.77. The molecular weight excluding hydrogens is 350 g/mol. The van der Waals surface area contributed by atoms with E-state index in [1.165, 1.54) is 46.5 Å². The van der Waals surface area contributed by atoms with Gasteiger partial charge in [-0.15, -0.1) is 0 Å². The Morgan fingerprint density at radius 2 is 1.88 bits per heavy atom. The molecule has 10 heteroatoms. The van der Waals surface area contributed by atoms with Gasteiger partial charge in [0.05, 0.1) is 37.8 Å². The number of carbonyl (C=O) groups is 2.